The van der Waals surface area contributed by atoms with Gasteiger partial charge in [-0.3, -0.25) is 0 Å². The fourth-order valence-electron chi connectivity index (χ4n) is 10.7. The van der Waals surface area contributed by atoms with Gasteiger partial charge in [0.1, 0.15) is 16.6 Å². The first-order valence-electron chi connectivity index (χ1n) is 33.1. The number of hydrogen-bond acceptors (Lipinski definition) is 12. The van der Waals surface area contributed by atoms with Crippen molar-refractivity contribution in [1.82, 2.24) is 17.5 Å². The molecule has 0 radical (unpaired) electrons. The van der Waals surface area contributed by atoms with Gasteiger partial charge in [-0.2, -0.15) is 17.5 Å². The Hall–Kier alpha value is -2.36. The highest BCUT2D eigenvalue weighted by Crippen LogP contribution is 2.53. The number of thiophene rings is 2. The van der Waals surface area contributed by atoms with Gasteiger partial charge in [0.15, 0.2) is 28.5 Å². The first-order chi connectivity index (χ1) is 40.5. The summed E-state index contributed by atoms with van der Waals surface area (Å²) < 4.78 is 46.7. The predicted octanol–water partition coefficient (Wildman–Crippen LogP) is 25.6. The Morgan fingerprint density at radius 3 is 0.927 bits per heavy atom. The van der Waals surface area contributed by atoms with Crippen LogP contribution in [0, 0.1) is 0 Å². The van der Waals surface area contributed by atoms with E-state index in [-0.39, 0.29) is 0 Å². The topological polar surface area (TPSA) is 88.5 Å². The Morgan fingerprint density at radius 1 is 0.305 bits per heavy atom. The van der Waals surface area contributed by atoms with Gasteiger partial charge in [0.05, 0.1) is 68.6 Å². The molecule has 4 heterocycles. The Kier molecular flexibility index (Phi) is 39.4. The van der Waals surface area contributed by atoms with Crippen LogP contribution in [0.1, 0.15) is 285 Å². The molecule has 0 fully saturated rings. The number of aromatic nitrogens is 4. The van der Waals surface area contributed by atoms with Crippen molar-refractivity contribution >= 4 is 100 Å². The van der Waals surface area contributed by atoms with E-state index in [0.717, 1.165) is 112 Å². The minimum atomic E-state index is 0.668. The van der Waals surface area contributed by atoms with Crippen molar-refractivity contribution in [3.05, 3.63) is 44.0 Å². The van der Waals surface area contributed by atoms with E-state index in [0.29, 0.717) is 13.2 Å². The van der Waals surface area contributed by atoms with Crippen LogP contribution in [0.25, 0.3) is 42.9 Å². The summed E-state index contributed by atoms with van der Waals surface area (Å²) in [5, 5.41) is 0. The third-order valence-corrected chi connectivity index (χ3v) is 19.9. The van der Waals surface area contributed by atoms with Crippen LogP contribution in [0.4, 0.5) is 0 Å². The summed E-state index contributed by atoms with van der Waals surface area (Å²) >= 11 is 13.3. The van der Waals surface area contributed by atoms with Crippen molar-refractivity contribution in [3.8, 4) is 43.9 Å². The van der Waals surface area contributed by atoms with Gasteiger partial charge in [-0.1, -0.05) is 259 Å². The lowest BCUT2D eigenvalue weighted by molar-refractivity contribution is 0.260. The van der Waals surface area contributed by atoms with Gasteiger partial charge >= 0.3 is 0 Å². The number of rotatable bonds is 50. The van der Waals surface area contributed by atoms with Crippen molar-refractivity contribution in [1.29, 1.82) is 0 Å². The van der Waals surface area contributed by atoms with E-state index in [1.165, 1.54) is 255 Å². The van der Waals surface area contributed by atoms with E-state index < -0.39 is 0 Å². The third kappa shape index (κ3) is 27.6. The summed E-state index contributed by atoms with van der Waals surface area (Å²) in [7, 11) is 0. The predicted molar refractivity (Wildman–Crippen MR) is 366 cm³/mol. The highest BCUT2D eigenvalue weighted by Gasteiger charge is 2.29. The lowest BCUT2D eigenvalue weighted by Gasteiger charge is -2.20. The standard InChI is InChI=1S/C38H54Br2N2O2S3.C30H52N2O2S/c1-3-5-7-9-11-13-15-17-19-21-27-43-37-33(29-23-25-31(39)45-29)35-36(42-47-41-35)34(30-24-26-32(40)46-30)38(37)44-28-22-20-18-16-14-12-10-8-6-4-2;1-3-5-7-9-11-13-15-17-19-21-25-33-28-24-23-27-29(32-35-31-27)30(28)34-26-22-20-18-16-14-12-10-8-6-4-2/h23-26H,3-22,27-28H2,1-2H3;23-24H,3-22,25-26H2,1-2H3. The van der Waals surface area contributed by atoms with Crippen molar-refractivity contribution in [2.45, 2.75) is 285 Å². The molecular weight excluding hydrogens is 1220 g/mol. The molecule has 0 spiro atoms. The van der Waals surface area contributed by atoms with Crippen molar-refractivity contribution in [2.24, 2.45) is 0 Å². The molecule has 0 unspecified atom stereocenters. The lowest BCUT2D eigenvalue weighted by Crippen LogP contribution is -2.06. The average molecular weight is 1330 g/mol. The Labute approximate surface area is 531 Å². The molecule has 0 aliphatic rings. The van der Waals surface area contributed by atoms with E-state index >= 15 is 0 Å². The van der Waals surface area contributed by atoms with Gasteiger partial charge in [0.2, 0.25) is 0 Å². The van der Waals surface area contributed by atoms with Crippen LogP contribution in [0.2, 0.25) is 0 Å². The van der Waals surface area contributed by atoms with Crippen LogP contribution in [-0.2, 0) is 0 Å². The normalized spacial score (nSPS) is 11.5. The van der Waals surface area contributed by atoms with E-state index in [9.17, 15) is 0 Å². The van der Waals surface area contributed by atoms with Gasteiger partial charge in [-0.15, -0.1) is 22.7 Å². The number of benzene rings is 2. The van der Waals surface area contributed by atoms with E-state index in [1.807, 2.05) is 12.1 Å². The molecule has 0 amide bonds. The Balaban J connectivity index is 0.000000315. The first-order valence-corrected chi connectivity index (χ1v) is 37.8. The maximum atomic E-state index is 6.80. The molecule has 0 saturated heterocycles. The molecule has 0 saturated carbocycles. The number of nitrogens with zero attached hydrogens (tertiary/aromatic N) is 4. The van der Waals surface area contributed by atoms with Gasteiger partial charge in [0, 0.05) is 9.75 Å². The molecule has 14 heteroatoms. The summed E-state index contributed by atoms with van der Waals surface area (Å²) in [6, 6.07) is 12.5. The third-order valence-electron chi connectivity index (χ3n) is 15.6. The zero-order valence-corrected chi connectivity index (χ0v) is 57.8. The second-order valence-corrected chi connectivity index (χ2v) is 28.7. The molecule has 0 aliphatic heterocycles. The fraction of sp³-hybridized carbons (Fsp3) is 0.706. The van der Waals surface area contributed by atoms with E-state index in [4.69, 9.17) is 27.7 Å². The smallest absolute Gasteiger partial charge is 0.190 e. The molecule has 2 aromatic carbocycles. The lowest BCUT2D eigenvalue weighted by atomic mass is 10.0. The van der Waals surface area contributed by atoms with Gasteiger partial charge in [-0.05, 0) is 93.9 Å². The molecule has 0 N–H and O–H groups in total. The number of ether oxygens (including phenoxy) is 4. The Bertz CT molecular complexity index is 2400. The highest BCUT2D eigenvalue weighted by molar-refractivity contribution is 9.11. The summed E-state index contributed by atoms with van der Waals surface area (Å²) in [5.41, 5.74) is 5.56. The highest BCUT2D eigenvalue weighted by atomic mass is 79.9. The summed E-state index contributed by atoms with van der Waals surface area (Å²) in [4.78, 5) is 2.24. The molecule has 4 aromatic heterocycles. The molecule has 6 aromatic rings. The molecule has 0 bridgehead atoms. The molecule has 0 aliphatic carbocycles. The monoisotopic (exact) mass is 1330 g/mol. The molecule has 8 nitrogen and oxygen atoms in total. The molecule has 82 heavy (non-hydrogen) atoms. The molecular formula is C68H106Br2N4O4S4. The minimum absolute atomic E-state index is 0.668. The summed E-state index contributed by atoms with van der Waals surface area (Å²) in [6.45, 7) is 11.9. The quantitative estimate of drug-likeness (QED) is 0.0349. The van der Waals surface area contributed by atoms with Crippen LogP contribution in [-0.4, -0.2) is 43.9 Å². The minimum Gasteiger partial charge on any atom is -0.490 e. The molecule has 6 rings (SSSR count). The number of halogens is 2. The molecule has 460 valence electrons. The Morgan fingerprint density at radius 2 is 0.598 bits per heavy atom. The van der Waals surface area contributed by atoms with Crippen LogP contribution in [0.5, 0.6) is 23.0 Å². The molecule has 0 atom stereocenters. The maximum absolute atomic E-state index is 6.80. The van der Waals surface area contributed by atoms with E-state index in [1.54, 1.807) is 22.7 Å². The van der Waals surface area contributed by atoms with Crippen molar-refractivity contribution in [2.75, 3.05) is 26.4 Å². The van der Waals surface area contributed by atoms with Crippen LogP contribution in [0.15, 0.2) is 44.0 Å². The average Bonchev–Trinajstić information content (AvgIpc) is 4.48. The zero-order chi connectivity index (χ0) is 57.9. The van der Waals surface area contributed by atoms with Crippen LogP contribution in [0.3, 0.4) is 0 Å². The van der Waals surface area contributed by atoms with Gasteiger partial charge in [-0.25, -0.2) is 0 Å². The van der Waals surface area contributed by atoms with Crippen LogP contribution >= 0.6 is 78.0 Å². The second-order valence-electron chi connectivity index (χ2n) is 22.7. The fourth-order valence-corrected chi connectivity index (χ4v) is 14.7. The van der Waals surface area contributed by atoms with E-state index in [2.05, 4.69) is 92.6 Å². The van der Waals surface area contributed by atoms with Crippen molar-refractivity contribution < 1.29 is 18.9 Å². The van der Waals surface area contributed by atoms with Gasteiger partial charge < -0.3 is 18.9 Å². The van der Waals surface area contributed by atoms with Gasteiger partial charge in [0.25, 0.3) is 0 Å². The van der Waals surface area contributed by atoms with Crippen LogP contribution < -0.4 is 18.9 Å². The summed E-state index contributed by atoms with van der Waals surface area (Å²) in [5.74, 6) is 3.26. The second kappa shape index (κ2) is 45.9. The summed E-state index contributed by atoms with van der Waals surface area (Å²) in [6.07, 6.45) is 52.7. The largest absolute Gasteiger partial charge is 0.490 e. The van der Waals surface area contributed by atoms with Crippen molar-refractivity contribution in [3.63, 3.8) is 0 Å². The number of unbranched alkanes of at least 4 members (excludes halogenated alkanes) is 36. The number of fused-ring (bicyclic) bond motifs is 2. The SMILES string of the molecule is CCCCCCCCCCCCOc1c(OCCCCCCCCCCCC)c(-c2ccc(Br)s2)c2nsnc2c1-c1ccc(Br)s1.CCCCCCCCCCCCOc1ccc2nsnc2c1OCCCCCCCCCCCC. The first kappa shape index (κ1) is 70.4. The number of hydrogen-bond donors (Lipinski definition) is 0. The zero-order valence-electron chi connectivity index (χ0n) is 51.4. The maximum Gasteiger partial charge on any atom is 0.190 e.